The Bertz CT molecular complexity index is 1090. The lowest BCUT2D eigenvalue weighted by Crippen LogP contribution is -2.30. The molecule has 0 spiro atoms. The lowest BCUT2D eigenvalue weighted by atomic mass is 10.2. The maximum absolute atomic E-state index is 12.1. The molecule has 0 aliphatic carbocycles. The zero-order valence-corrected chi connectivity index (χ0v) is 15.1. The normalized spacial score (nSPS) is 10.9. The number of fused-ring (bicyclic) bond motifs is 1. The van der Waals surface area contributed by atoms with Gasteiger partial charge in [-0.3, -0.25) is 15.3 Å². The molecule has 0 saturated carbocycles. The minimum atomic E-state index is -0.355. The van der Waals surface area contributed by atoms with Gasteiger partial charge in [-0.25, -0.2) is 9.78 Å². The molecule has 0 bridgehead atoms. The number of anilines is 1. The van der Waals surface area contributed by atoms with Gasteiger partial charge in [-0.15, -0.1) is 10.2 Å². The standard InChI is InChI=1S/C17H18N10O/c1-2-27-24-14(23-25-27)5-7-19-17(28)22-15-11-26-10-13(20-9-16(26)21-15)12-4-3-6-18-8-12/h3-4,6,8-11H,2,5,7H2,1H3,(H2,19,22,28). The fourth-order valence-corrected chi connectivity index (χ4v) is 2.58. The van der Waals surface area contributed by atoms with E-state index in [-0.39, 0.29) is 6.03 Å². The van der Waals surface area contributed by atoms with Crippen molar-refractivity contribution < 1.29 is 4.79 Å². The first-order valence-electron chi connectivity index (χ1n) is 8.78. The first-order valence-corrected chi connectivity index (χ1v) is 8.78. The van der Waals surface area contributed by atoms with Crippen LogP contribution in [0.4, 0.5) is 10.6 Å². The molecule has 0 aromatic carbocycles. The fraction of sp³-hybridized carbons (Fsp3) is 0.235. The molecule has 11 nitrogen and oxygen atoms in total. The Hall–Kier alpha value is -3.89. The van der Waals surface area contributed by atoms with Gasteiger partial charge in [-0.05, 0) is 24.3 Å². The maximum Gasteiger partial charge on any atom is 0.320 e. The van der Waals surface area contributed by atoms with E-state index in [9.17, 15) is 4.79 Å². The van der Waals surface area contributed by atoms with Crippen LogP contribution in [0.5, 0.6) is 0 Å². The highest BCUT2D eigenvalue weighted by atomic mass is 16.2. The molecule has 0 radical (unpaired) electrons. The second-order valence-electron chi connectivity index (χ2n) is 5.93. The van der Waals surface area contributed by atoms with Crippen LogP contribution in [-0.4, -0.2) is 52.1 Å². The van der Waals surface area contributed by atoms with Crippen molar-refractivity contribution in [2.45, 2.75) is 19.9 Å². The van der Waals surface area contributed by atoms with Crippen LogP contribution in [0.1, 0.15) is 12.7 Å². The summed E-state index contributed by atoms with van der Waals surface area (Å²) in [5.74, 6) is 1.02. The molecule has 0 saturated heterocycles. The molecule has 4 aromatic heterocycles. The van der Waals surface area contributed by atoms with Crippen LogP contribution < -0.4 is 10.6 Å². The van der Waals surface area contributed by atoms with Gasteiger partial charge in [0.2, 0.25) is 0 Å². The summed E-state index contributed by atoms with van der Waals surface area (Å²) in [4.78, 5) is 26.4. The summed E-state index contributed by atoms with van der Waals surface area (Å²) in [5.41, 5.74) is 2.30. The van der Waals surface area contributed by atoms with E-state index in [1.54, 1.807) is 29.2 Å². The second-order valence-corrected chi connectivity index (χ2v) is 5.93. The minimum Gasteiger partial charge on any atom is -0.337 e. The van der Waals surface area contributed by atoms with E-state index in [2.05, 4.69) is 41.0 Å². The van der Waals surface area contributed by atoms with Crippen LogP contribution in [0.2, 0.25) is 0 Å². The van der Waals surface area contributed by atoms with Crippen molar-refractivity contribution >= 4 is 17.5 Å². The summed E-state index contributed by atoms with van der Waals surface area (Å²) in [6.45, 7) is 2.98. The number of carbonyl (C=O) groups is 1. The smallest absolute Gasteiger partial charge is 0.320 e. The highest BCUT2D eigenvalue weighted by Crippen LogP contribution is 2.17. The highest BCUT2D eigenvalue weighted by molar-refractivity contribution is 5.88. The van der Waals surface area contributed by atoms with Crippen LogP contribution in [0.15, 0.2) is 43.1 Å². The SMILES string of the molecule is CCn1nnc(CCNC(=O)Nc2cn3cc(-c4cccnc4)ncc3n2)n1. The summed E-state index contributed by atoms with van der Waals surface area (Å²) in [6, 6.07) is 3.43. The average Bonchev–Trinajstić information content (AvgIpc) is 3.34. The van der Waals surface area contributed by atoms with Gasteiger partial charge in [0.05, 0.1) is 24.6 Å². The molecule has 0 fully saturated rings. The largest absolute Gasteiger partial charge is 0.337 e. The number of urea groups is 1. The van der Waals surface area contributed by atoms with Gasteiger partial charge < -0.3 is 9.72 Å². The van der Waals surface area contributed by atoms with E-state index >= 15 is 0 Å². The van der Waals surface area contributed by atoms with Gasteiger partial charge in [0, 0.05) is 37.1 Å². The summed E-state index contributed by atoms with van der Waals surface area (Å²) in [6.07, 6.45) is 9.16. The van der Waals surface area contributed by atoms with Gasteiger partial charge in [-0.1, -0.05) is 0 Å². The summed E-state index contributed by atoms with van der Waals surface area (Å²) >= 11 is 0. The second kappa shape index (κ2) is 7.78. The lowest BCUT2D eigenvalue weighted by molar-refractivity contribution is 0.252. The molecule has 0 aliphatic heterocycles. The number of carbonyl (C=O) groups excluding carboxylic acids is 1. The molecule has 2 amide bonds. The van der Waals surface area contributed by atoms with Crippen LogP contribution in [-0.2, 0) is 13.0 Å². The first-order chi connectivity index (χ1) is 13.7. The molecule has 4 rings (SSSR count). The molecule has 0 aliphatic rings. The average molecular weight is 378 g/mol. The lowest BCUT2D eigenvalue weighted by Gasteiger charge is -2.03. The van der Waals surface area contributed by atoms with Gasteiger partial charge in [0.1, 0.15) is 0 Å². The molecule has 4 heterocycles. The Kier molecular flexibility index (Phi) is 4.87. The molecule has 4 aromatic rings. The van der Waals surface area contributed by atoms with Gasteiger partial charge >= 0.3 is 6.03 Å². The Labute approximate surface area is 159 Å². The number of aromatic nitrogens is 8. The topological polar surface area (TPSA) is 128 Å². The molecule has 11 heteroatoms. The molecule has 142 valence electrons. The van der Waals surface area contributed by atoms with Crippen molar-refractivity contribution in [2.24, 2.45) is 0 Å². The van der Waals surface area contributed by atoms with Crippen LogP contribution in [0.25, 0.3) is 16.9 Å². The van der Waals surface area contributed by atoms with Crippen LogP contribution >= 0.6 is 0 Å². The van der Waals surface area contributed by atoms with E-state index in [0.29, 0.717) is 36.8 Å². The molecular weight excluding hydrogens is 360 g/mol. The molecular formula is C17H18N10O. The van der Waals surface area contributed by atoms with Crippen LogP contribution in [0.3, 0.4) is 0 Å². The van der Waals surface area contributed by atoms with Crippen molar-refractivity contribution in [1.29, 1.82) is 0 Å². The fourth-order valence-electron chi connectivity index (χ4n) is 2.58. The number of hydrogen-bond acceptors (Lipinski definition) is 7. The van der Waals surface area contributed by atoms with Crippen molar-refractivity contribution in [3.8, 4) is 11.3 Å². The summed E-state index contributed by atoms with van der Waals surface area (Å²) in [7, 11) is 0. The highest BCUT2D eigenvalue weighted by Gasteiger charge is 2.09. The van der Waals surface area contributed by atoms with Crippen molar-refractivity contribution in [3.05, 3.63) is 48.9 Å². The third kappa shape index (κ3) is 3.92. The predicted molar refractivity (Wildman–Crippen MR) is 100 cm³/mol. The van der Waals surface area contributed by atoms with E-state index in [1.165, 1.54) is 4.80 Å². The summed E-state index contributed by atoms with van der Waals surface area (Å²) in [5, 5.41) is 17.4. The zero-order chi connectivity index (χ0) is 19.3. The first kappa shape index (κ1) is 17.5. The number of tetrazole rings is 1. The van der Waals surface area contributed by atoms with E-state index in [4.69, 9.17) is 0 Å². The Morgan fingerprint density at radius 2 is 2.18 bits per heavy atom. The minimum absolute atomic E-state index is 0.355. The number of hydrogen-bond donors (Lipinski definition) is 2. The Morgan fingerprint density at radius 3 is 2.96 bits per heavy atom. The molecule has 28 heavy (non-hydrogen) atoms. The predicted octanol–water partition coefficient (Wildman–Crippen LogP) is 1.16. The van der Waals surface area contributed by atoms with E-state index < -0.39 is 0 Å². The quantitative estimate of drug-likeness (QED) is 0.515. The van der Waals surface area contributed by atoms with Gasteiger partial charge in [-0.2, -0.15) is 4.80 Å². The number of imidazole rings is 1. The number of nitrogens with zero attached hydrogens (tertiary/aromatic N) is 8. The molecule has 0 atom stereocenters. The number of nitrogens with one attached hydrogen (secondary N) is 2. The van der Waals surface area contributed by atoms with E-state index in [0.717, 1.165) is 11.3 Å². The zero-order valence-electron chi connectivity index (χ0n) is 15.1. The Balaban J connectivity index is 1.36. The third-order valence-electron chi connectivity index (χ3n) is 3.95. The number of pyridine rings is 1. The number of rotatable bonds is 6. The van der Waals surface area contributed by atoms with Gasteiger partial charge in [0.15, 0.2) is 17.3 Å². The van der Waals surface area contributed by atoms with E-state index in [1.807, 2.05) is 25.3 Å². The number of aryl methyl sites for hydroxylation is 1. The van der Waals surface area contributed by atoms with Crippen molar-refractivity contribution in [2.75, 3.05) is 11.9 Å². The monoisotopic (exact) mass is 378 g/mol. The van der Waals surface area contributed by atoms with Gasteiger partial charge in [0.25, 0.3) is 0 Å². The number of amides is 2. The van der Waals surface area contributed by atoms with Crippen molar-refractivity contribution in [1.82, 2.24) is 44.9 Å². The molecule has 2 N–H and O–H groups in total. The van der Waals surface area contributed by atoms with Crippen molar-refractivity contribution in [3.63, 3.8) is 0 Å². The molecule has 0 unspecified atom stereocenters. The summed E-state index contributed by atoms with van der Waals surface area (Å²) < 4.78 is 1.80. The maximum atomic E-state index is 12.1. The van der Waals surface area contributed by atoms with Crippen LogP contribution in [0, 0.1) is 0 Å². The third-order valence-corrected chi connectivity index (χ3v) is 3.95. The Morgan fingerprint density at radius 1 is 1.25 bits per heavy atom.